The Morgan fingerprint density at radius 2 is 1.61 bits per heavy atom. The summed E-state index contributed by atoms with van der Waals surface area (Å²) in [7, 11) is 0. The molecule has 2 amide bonds. The fourth-order valence-corrected chi connectivity index (χ4v) is 5.53. The third-order valence-electron chi connectivity index (χ3n) is 6.01. The van der Waals surface area contributed by atoms with Crippen LogP contribution >= 0.6 is 22.9 Å². The van der Waals surface area contributed by atoms with E-state index in [1.54, 1.807) is 0 Å². The average molecular weight is 537 g/mol. The number of carboxylic acid groups (broad SMARTS) is 1. The quantitative estimate of drug-likeness (QED) is 0.351. The number of carbonyl (C=O) groups excluding carboxylic acids is 2. The summed E-state index contributed by atoms with van der Waals surface area (Å²) in [6.07, 6.45) is 0.986. The van der Waals surface area contributed by atoms with Gasteiger partial charge in [0, 0.05) is 28.7 Å². The normalized spacial score (nSPS) is 17.5. The number of aliphatic carboxylic acids is 1. The first-order chi connectivity index (χ1) is 17.2. The van der Waals surface area contributed by atoms with Crippen LogP contribution in [0.4, 0.5) is 8.78 Å². The monoisotopic (exact) mass is 536 g/mol. The standard InChI is InChI=1S/C25H23ClF2N2O5S/c26-20-16-3-1-2-4-19(16)36-22(20)24(32)30-10-9-29-23(31)14-11-17(27)21(18(28)12-14)35-15-7-5-13(6-8-15)25(33)34/h1-4,11-13,15H,5-10H2,(H,29,31)(H,30,32)(H,33,34)/t13-,15+. The highest BCUT2D eigenvalue weighted by molar-refractivity contribution is 7.21. The summed E-state index contributed by atoms with van der Waals surface area (Å²) in [5, 5.41) is 15.4. The highest BCUT2D eigenvalue weighted by Gasteiger charge is 2.28. The van der Waals surface area contributed by atoms with Crippen molar-refractivity contribution in [2.45, 2.75) is 31.8 Å². The van der Waals surface area contributed by atoms with Gasteiger partial charge in [-0.1, -0.05) is 29.8 Å². The Kier molecular flexibility index (Phi) is 8.05. The van der Waals surface area contributed by atoms with E-state index in [1.165, 1.54) is 11.3 Å². The molecule has 0 spiro atoms. The van der Waals surface area contributed by atoms with Crippen LogP contribution in [0.3, 0.4) is 0 Å². The predicted molar refractivity (Wildman–Crippen MR) is 132 cm³/mol. The van der Waals surface area contributed by atoms with E-state index in [1.807, 2.05) is 24.3 Å². The molecule has 3 N–H and O–H groups in total. The summed E-state index contributed by atoms with van der Waals surface area (Å²) in [4.78, 5) is 36.2. The zero-order chi connectivity index (χ0) is 25.8. The van der Waals surface area contributed by atoms with Crippen molar-refractivity contribution in [1.29, 1.82) is 0 Å². The maximum Gasteiger partial charge on any atom is 0.306 e. The first kappa shape index (κ1) is 25.8. The number of nitrogens with one attached hydrogen (secondary N) is 2. The molecule has 1 heterocycles. The fourth-order valence-electron chi connectivity index (χ4n) is 4.09. The van der Waals surface area contributed by atoms with Crippen LogP contribution in [-0.4, -0.2) is 42.1 Å². The lowest BCUT2D eigenvalue weighted by atomic mass is 9.87. The smallest absolute Gasteiger partial charge is 0.306 e. The second kappa shape index (κ2) is 11.2. The molecular weight excluding hydrogens is 514 g/mol. The molecule has 0 unspecified atom stereocenters. The average Bonchev–Trinajstić information content (AvgIpc) is 3.20. The number of amides is 2. The Balaban J connectivity index is 1.28. The molecule has 0 atom stereocenters. The largest absolute Gasteiger partial charge is 0.484 e. The number of ether oxygens (including phenoxy) is 1. The molecule has 3 aromatic rings. The van der Waals surface area contributed by atoms with Gasteiger partial charge in [-0.3, -0.25) is 14.4 Å². The van der Waals surface area contributed by atoms with Gasteiger partial charge in [-0.25, -0.2) is 8.78 Å². The van der Waals surface area contributed by atoms with Gasteiger partial charge < -0.3 is 20.5 Å². The molecule has 1 aromatic heterocycles. The summed E-state index contributed by atoms with van der Waals surface area (Å²) in [6, 6.07) is 9.13. The van der Waals surface area contributed by atoms with Gasteiger partial charge in [0.2, 0.25) is 0 Å². The number of halogens is 3. The second-order valence-electron chi connectivity index (χ2n) is 8.45. The maximum atomic E-state index is 14.5. The Morgan fingerprint density at radius 3 is 2.22 bits per heavy atom. The number of carbonyl (C=O) groups is 3. The van der Waals surface area contributed by atoms with Gasteiger partial charge in [-0.15, -0.1) is 11.3 Å². The van der Waals surface area contributed by atoms with Crippen molar-refractivity contribution >= 4 is 50.8 Å². The fraction of sp³-hybridized carbons (Fsp3) is 0.320. The van der Waals surface area contributed by atoms with Crippen LogP contribution in [0.15, 0.2) is 36.4 Å². The van der Waals surface area contributed by atoms with Crippen molar-refractivity contribution in [2.24, 2.45) is 5.92 Å². The predicted octanol–water partition coefficient (Wildman–Crippen LogP) is 5.01. The summed E-state index contributed by atoms with van der Waals surface area (Å²) in [5.74, 6) is -5.08. The molecule has 36 heavy (non-hydrogen) atoms. The molecule has 4 rings (SSSR count). The number of hydrogen-bond donors (Lipinski definition) is 3. The van der Waals surface area contributed by atoms with Gasteiger partial charge in [0.05, 0.1) is 17.0 Å². The minimum Gasteiger partial charge on any atom is -0.484 e. The van der Waals surface area contributed by atoms with Gasteiger partial charge in [-0.2, -0.15) is 0 Å². The molecule has 1 fully saturated rings. The first-order valence-electron chi connectivity index (χ1n) is 11.4. The summed E-state index contributed by atoms with van der Waals surface area (Å²) in [5.41, 5.74) is -0.231. The molecular formula is C25H23ClF2N2O5S. The van der Waals surface area contributed by atoms with Gasteiger partial charge in [0.25, 0.3) is 11.8 Å². The zero-order valence-electron chi connectivity index (χ0n) is 19.0. The van der Waals surface area contributed by atoms with Crippen molar-refractivity contribution < 1.29 is 33.0 Å². The van der Waals surface area contributed by atoms with Crippen molar-refractivity contribution in [3.63, 3.8) is 0 Å². The van der Waals surface area contributed by atoms with E-state index in [0.717, 1.165) is 22.2 Å². The van der Waals surface area contributed by atoms with Crippen LogP contribution < -0.4 is 15.4 Å². The lowest BCUT2D eigenvalue weighted by molar-refractivity contribution is -0.143. The molecule has 11 heteroatoms. The van der Waals surface area contributed by atoms with E-state index in [0.29, 0.717) is 35.6 Å². The van der Waals surface area contributed by atoms with E-state index < -0.39 is 41.3 Å². The number of hydrogen-bond acceptors (Lipinski definition) is 5. The van der Waals surface area contributed by atoms with Gasteiger partial charge >= 0.3 is 5.97 Å². The van der Waals surface area contributed by atoms with E-state index in [2.05, 4.69) is 10.6 Å². The highest BCUT2D eigenvalue weighted by Crippen LogP contribution is 2.35. The number of carboxylic acids is 1. The summed E-state index contributed by atoms with van der Waals surface area (Å²) in [6.45, 7) is 0.113. The Bertz CT molecular complexity index is 1280. The lowest BCUT2D eigenvalue weighted by Gasteiger charge is -2.27. The SMILES string of the molecule is O=C(NCCNC(=O)c1sc2ccccc2c1Cl)c1cc(F)c(O[C@H]2CC[C@@H](C(=O)O)CC2)c(F)c1. The van der Waals surface area contributed by atoms with Crippen LogP contribution in [0, 0.1) is 17.6 Å². The molecule has 0 saturated heterocycles. The van der Waals surface area contributed by atoms with E-state index in [9.17, 15) is 23.2 Å². The van der Waals surface area contributed by atoms with E-state index in [4.69, 9.17) is 21.4 Å². The molecule has 1 aliphatic rings. The van der Waals surface area contributed by atoms with Crippen molar-refractivity contribution in [1.82, 2.24) is 10.6 Å². The molecule has 0 aliphatic heterocycles. The van der Waals surface area contributed by atoms with Crippen LogP contribution in [0.5, 0.6) is 5.75 Å². The molecule has 0 radical (unpaired) electrons. The minimum absolute atomic E-state index is 0.0292. The Morgan fingerprint density at radius 1 is 1.00 bits per heavy atom. The number of benzene rings is 2. The third-order valence-corrected chi connectivity index (χ3v) is 7.68. The maximum absolute atomic E-state index is 14.5. The molecule has 190 valence electrons. The zero-order valence-corrected chi connectivity index (χ0v) is 20.6. The lowest BCUT2D eigenvalue weighted by Crippen LogP contribution is -2.34. The first-order valence-corrected chi connectivity index (χ1v) is 12.6. The molecule has 1 saturated carbocycles. The minimum atomic E-state index is -1.02. The molecule has 1 aliphatic carbocycles. The van der Waals surface area contributed by atoms with Crippen LogP contribution in [0.2, 0.25) is 5.02 Å². The second-order valence-corrected chi connectivity index (χ2v) is 9.88. The van der Waals surface area contributed by atoms with Crippen LogP contribution in [0.25, 0.3) is 10.1 Å². The highest BCUT2D eigenvalue weighted by atomic mass is 35.5. The topological polar surface area (TPSA) is 105 Å². The summed E-state index contributed by atoms with van der Waals surface area (Å²) < 4.78 is 35.4. The molecule has 7 nitrogen and oxygen atoms in total. The van der Waals surface area contributed by atoms with Gasteiger partial charge in [-0.05, 0) is 43.9 Å². The number of rotatable bonds is 8. The summed E-state index contributed by atoms with van der Waals surface area (Å²) >= 11 is 7.55. The number of thiophene rings is 1. The Labute approximate surface area is 214 Å². The van der Waals surface area contributed by atoms with Crippen molar-refractivity contribution in [3.8, 4) is 5.75 Å². The van der Waals surface area contributed by atoms with Gasteiger partial charge in [0.1, 0.15) is 4.88 Å². The molecule has 0 bridgehead atoms. The van der Waals surface area contributed by atoms with Crippen molar-refractivity contribution in [2.75, 3.05) is 13.1 Å². The number of fused-ring (bicyclic) bond motifs is 1. The third kappa shape index (κ3) is 5.76. The van der Waals surface area contributed by atoms with E-state index >= 15 is 0 Å². The van der Waals surface area contributed by atoms with Crippen LogP contribution in [-0.2, 0) is 4.79 Å². The van der Waals surface area contributed by atoms with E-state index in [-0.39, 0.29) is 24.6 Å². The van der Waals surface area contributed by atoms with Gasteiger partial charge in [0.15, 0.2) is 17.4 Å². The molecule has 2 aromatic carbocycles. The van der Waals surface area contributed by atoms with Crippen LogP contribution in [0.1, 0.15) is 45.7 Å². The Hall–Kier alpha value is -3.24. The van der Waals surface area contributed by atoms with Crippen molar-refractivity contribution in [3.05, 3.63) is 63.5 Å².